The summed E-state index contributed by atoms with van der Waals surface area (Å²) < 4.78 is 18.7. The van der Waals surface area contributed by atoms with Crippen molar-refractivity contribution >= 4 is 5.91 Å². The molecular weight excluding hydrogens is 406 g/mol. The maximum atomic E-state index is 13.6. The number of piperidine rings is 1. The molecule has 0 radical (unpaired) electrons. The van der Waals surface area contributed by atoms with E-state index in [-0.39, 0.29) is 12.2 Å². The van der Waals surface area contributed by atoms with Gasteiger partial charge in [0, 0.05) is 30.8 Å². The zero-order valence-electron chi connectivity index (χ0n) is 18.1. The molecule has 2 aromatic carbocycles. The number of carbonyl (C=O) groups excluding carboxylic acids is 1. The zero-order valence-corrected chi connectivity index (χ0v) is 18.1. The minimum absolute atomic E-state index is 0.0141. The van der Waals surface area contributed by atoms with Crippen LogP contribution < -0.4 is 4.74 Å². The van der Waals surface area contributed by atoms with Crippen molar-refractivity contribution in [3.8, 4) is 22.7 Å². The first kappa shape index (κ1) is 20.7. The van der Waals surface area contributed by atoms with Crippen LogP contribution in [0.1, 0.15) is 23.2 Å². The van der Waals surface area contributed by atoms with Crippen LogP contribution in [0.2, 0.25) is 0 Å². The van der Waals surface area contributed by atoms with E-state index >= 15 is 0 Å². The molecule has 0 unspecified atom stereocenters. The van der Waals surface area contributed by atoms with Crippen LogP contribution in [0.4, 0.5) is 0 Å². The predicted octanol–water partition coefficient (Wildman–Crippen LogP) is 3.77. The van der Waals surface area contributed by atoms with Gasteiger partial charge in [-0.15, -0.1) is 0 Å². The molecule has 2 saturated heterocycles. The molecule has 166 valence electrons. The summed E-state index contributed by atoms with van der Waals surface area (Å²) in [7, 11) is 1.63. The molecule has 0 atom stereocenters. The number of likely N-dealkylation sites (tertiary alicyclic amines) is 1. The molecule has 2 aliphatic heterocycles. The Morgan fingerprint density at radius 1 is 1.00 bits per heavy atom. The molecule has 32 heavy (non-hydrogen) atoms. The van der Waals surface area contributed by atoms with Gasteiger partial charge in [0.2, 0.25) is 0 Å². The Morgan fingerprint density at radius 2 is 1.69 bits per heavy atom. The van der Waals surface area contributed by atoms with Gasteiger partial charge in [0.1, 0.15) is 11.4 Å². The van der Waals surface area contributed by atoms with Gasteiger partial charge in [0.05, 0.1) is 31.6 Å². The van der Waals surface area contributed by atoms with Crippen LogP contribution in [0.15, 0.2) is 60.8 Å². The molecule has 0 N–H and O–H groups in total. The summed E-state index contributed by atoms with van der Waals surface area (Å²) in [6.07, 6.45) is 3.44. The van der Waals surface area contributed by atoms with Gasteiger partial charge < -0.3 is 19.1 Å². The number of ether oxygens (including phenoxy) is 3. The Hall–Kier alpha value is -3.16. The lowest BCUT2D eigenvalue weighted by Crippen LogP contribution is -2.41. The first-order valence-electron chi connectivity index (χ1n) is 11.1. The summed E-state index contributed by atoms with van der Waals surface area (Å²) in [4.78, 5) is 15.5. The van der Waals surface area contributed by atoms with E-state index in [9.17, 15) is 4.79 Å². The van der Waals surface area contributed by atoms with E-state index in [1.807, 2.05) is 65.7 Å². The van der Waals surface area contributed by atoms with E-state index in [4.69, 9.17) is 19.3 Å². The topological polar surface area (TPSA) is 65.8 Å². The fourth-order valence-corrected chi connectivity index (χ4v) is 4.48. The number of benzene rings is 2. The normalized spacial score (nSPS) is 17.6. The van der Waals surface area contributed by atoms with E-state index in [1.165, 1.54) is 0 Å². The number of rotatable bonds is 5. The highest BCUT2D eigenvalue weighted by Crippen LogP contribution is 2.33. The van der Waals surface area contributed by atoms with Crippen LogP contribution in [0, 0.1) is 5.92 Å². The van der Waals surface area contributed by atoms with E-state index in [0.717, 1.165) is 24.1 Å². The van der Waals surface area contributed by atoms with Crippen molar-refractivity contribution in [2.45, 2.75) is 19.1 Å². The van der Waals surface area contributed by atoms with Crippen LogP contribution >= 0.6 is 0 Å². The van der Waals surface area contributed by atoms with E-state index in [1.54, 1.807) is 11.8 Å². The molecule has 1 amide bonds. The molecule has 3 heterocycles. The molecule has 1 aromatic heterocycles. The minimum atomic E-state index is -0.128. The highest BCUT2D eigenvalue weighted by Gasteiger charge is 2.33. The van der Waals surface area contributed by atoms with Crippen LogP contribution in [0.5, 0.6) is 5.75 Å². The summed E-state index contributed by atoms with van der Waals surface area (Å²) in [6.45, 7) is 2.67. The Balaban J connectivity index is 1.45. The average Bonchev–Trinajstić information content (AvgIpc) is 3.55. The number of amides is 1. The number of para-hydroxylation sites is 2. The maximum absolute atomic E-state index is 13.6. The van der Waals surface area contributed by atoms with Gasteiger partial charge in [-0.1, -0.05) is 30.3 Å². The first-order valence-corrected chi connectivity index (χ1v) is 11.1. The monoisotopic (exact) mass is 433 g/mol. The number of nitrogens with zero attached hydrogens (tertiary/aromatic N) is 3. The fourth-order valence-electron chi connectivity index (χ4n) is 4.48. The van der Waals surface area contributed by atoms with Crippen molar-refractivity contribution in [2.24, 2.45) is 5.92 Å². The predicted molar refractivity (Wildman–Crippen MR) is 120 cm³/mol. The second-order valence-corrected chi connectivity index (χ2v) is 8.11. The lowest BCUT2D eigenvalue weighted by molar-refractivity contribution is -0.0956. The fraction of sp³-hybridized carbons (Fsp3) is 0.360. The van der Waals surface area contributed by atoms with Gasteiger partial charge in [0.15, 0.2) is 6.29 Å². The van der Waals surface area contributed by atoms with Crippen LogP contribution in [0.3, 0.4) is 0 Å². The first-order chi connectivity index (χ1) is 15.7. The third-order valence-electron chi connectivity index (χ3n) is 6.19. The van der Waals surface area contributed by atoms with Crippen LogP contribution in [0.25, 0.3) is 16.9 Å². The van der Waals surface area contributed by atoms with Gasteiger partial charge in [-0.2, -0.15) is 5.10 Å². The molecule has 3 aromatic rings. The molecule has 7 heteroatoms. The average molecular weight is 434 g/mol. The largest absolute Gasteiger partial charge is 0.496 e. The van der Waals surface area contributed by atoms with Gasteiger partial charge in [-0.3, -0.25) is 4.79 Å². The standard InChI is InChI=1S/C25H27N3O4/c1-30-22-10-6-5-9-20(22)23-21(17-28(26-23)19-7-3-2-4-8-19)24(29)27-13-11-18(12-14-27)25-31-15-16-32-25/h2-10,17-18,25H,11-16H2,1H3. The number of aromatic nitrogens is 2. The zero-order chi connectivity index (χ0) is 21.9. The minimum Gasteiger partial charge on any atom is -0.496 e. The number of hydrogen-bond acceptors (Lipinski definition) is 5. The summed E-state index contributed by atoms with van der Waals surface area (Å²) in [5.41, 5.74) is 2.90. The van der Waals surface area contributed by atoms with Gasteiger partial charge in [0.25, 0.3) is 5.91 Å². The maximum Gasteiger partial charge on any atom is 0.257 e. The Morgan fingerprint density at radius 3 is 2.41 bits per heavy atom. The van der Waals surface area contributed by atoms with Crippen molar-refractivity contribution in [3.05, 3.63) is 66.4 Å². The number of carbonyl (C=O) groups is 1. The van der Waals surface area contributed by atoms with Crippen molar-refractivity contribution < 1.29 is 19.0 Å². The number of methoxy groups -OCH3 is 1. The molecule has 7 nitrogen and oxygen atoms in total. The van der Waals surface area contributed by atoms with E-state index in [2.05, 4.69) is 0 Å². The number of hydrogen-bond donors (Lipinski definition) is 0. The molecule has 0 bridgehead atoms. The molecule has 2 aliphatic rings. The summed E-state index contributed by atoms with van der Waals surface area (Å²) in [6, 6.07) is 17.5. The quantitative estimate of drug-likeness (QED) is 0.613. The Labute approximate surface area is 187 Å². The summed E-state index contributed by atoms with van der Waals surface area (Å²) >= 11 is 0. The third-order valence-corrected chi connectivity index (χ3v) is 6.19. The van der Waals surface area contributed by atoms with Crippen molar-refractivity contribution in [1.29, 1.82) is 0 Å². The molecular formula is C25H27N3O4. The van der Waals surface area contributed by atoms with Crippen molar-refractivity contribution in [1.82, 2.24) is 14.7 Å². The van der Waals surface area contributed by atoms with E-state index in [0.29, 0.717) is 49.2 Å². The smallest absolute Gasteiger partial charge is 0.257 e. The lowest BCUT2D eigenvalue weighted by atomic mass is 9.95. The van der Waals surface area contributed by atoms with E-state index < -0.39 is 0 Å². The van der Waals surface area contributed by atoms with Crippen molar-refractivity contribution in [3.63, 3.8) is 0 Å². The van der Waals surface area contributed by atoms with Gasteiger partial charge in [-0.25, -0.2) is 4.68 Å². The van der Waals surface area contributed by atoms with Crippen LogP contribution in [-0.2, 0) is 9.47 Å². The SMILES string of the molecule is COc1ccccc1-c1nn(-c2ccccc2)cc1C(=O)N1CCC(C2OCCO2)CC1. The molecule has 0 saturated carbocycles. The highest BCUT2D eigenvalue weighted by molar-refractivity contribution is 6.00. The highest BCUT2D eigenvalue weighted by atomic mass is 16.7. The van der Waals surface area contributed by atoms with Gasteiger partial charge in [-0.05, 0) is 37.1 Å². The molecule has 0 spiro atoms. The molecule has 5 rings (SSSR count). The third kappa shape index (κ3) is 4.01. The van der Waals surface area contributed by atoms with Crippen molar-refractivity contribution in [2.75, 3.05) is 33.4 Å². The second-order valence-electron chi connectivity index (χ2n) is 8.11. The van der Waals surface area contributed by atoms with Gasteiger partial charge >= 0.3 is 0 Å². The Bertz CT molecular complexity index is 1070. The van der Waals surface area contributed by atoms with Crippen LogP contribution in [-0.4, -0.2) is 60.3 Å². The summed E-state index contributed by atoms with van der Waals surface area (Å²) in [5, 5.41) is 4.80. The Kier molecular flexibility index (Phi) is 5.92. The second kappa shape index (κ2) is 9.14. The summed E-state index contributed by atoms with van der Waals surface area (Å²) in [5.74, 6) is 1.01. The lowest BCUT2D eigenvalue weighted by Gasteiger charge is -2.33. The molecule has 2 fully saturated rings. The molecule has 0 aliphatic carbocycles.